The van der Waals surface area contributed by atoms with E-state index in [2.05, 4.69) is 29.5 Å². The number of aromatic hydroxyl groups is 1. The fourth-order valence-electron chi connectivity index (χ4n) is 4.72. The van der Waals surface area contributed by atoms with Crippen molar-refractivity contribution in [3.8, 4) is 11.5 Å². The number of methoxy groups -OCH3 is 1. The SMILES string of the molecule is CCC1CCC(=O)CC(=O)C=Cc2cc(OC)c(O)cc2Cc2cnc(N)c(c2)C(C[NH+]2C=CNC2)SSC1. The average molecular weight is 570 g/mol. The number of rotatable bonds is 4. The quantitative estimate of drug-likeness (QED) is 0.323. The maximum atomic E-state index is 12.6. The number of ether oxygens (including phenoxy) is 1. The number of hydrogen-bond donors (Lipinski definition) is 4. The molecule has 0 fully saturated rings. The predicted octanol–water partition coefficient (Wildman–Crippen LogP) is 3.67. The molecule has 4 rings (SSSR count). The van der Waals surface area contributed by atoms with Crippen LogP contribution in [0.2, 0.25) is 0 Å². The third-order valence-electron chi connectivity index (χ3n) is 7.12. The summed E-state index contributed by atoms with van der Waals surface area (Å²) < 4.78 is 5.31. The van der Waals surface area contributed by atoms with Crippen molar-refractivity contribution < 1.29 is 24.3 Å². The lowest BCUT2D eigenvalue weighted by Crippen LogP contribution is -3.07. The van der Waals surface area contributed by atoms with E-state index in [1.165, 1.54) is 18.1 Å². The second kappa shape index (κ2) is 13.9. The molecule has 208 valence electrons. The summed E-state index contributed by atoms with van der Waals surface area (Å²) in [4.78, 5) is 31.0. The van der Waals surface area contributed by atoms with Gasteiger partial charge in [0.2, 0.25) is 0 Å². The van der Waals surface area contributed by atoms with E-state index in [0.717, 1.165) is 54.1 Å². The van der Waals surface area contributed by atoms with Crippen LogP contribution in [0.4, 0.5) is 5.82 Å². The van der Waals surface area contributed by atoms with Crippen molar-refractivity contribution in [1.82, 2.24) is 10.3 Å². The van der Waals surface area contributed by atoms with E-state index in [0.29, 0.717) is 30.3 Å². The molecule has 0 spiro atoms. The Bertz CT molecular complexity index is 1250. The van der Waals surface area contributed by atoms with Crippen LogP contribution < -0.4 is 20.7 Å². The molecule has 2 aromatic rings. The van der Waals surface area contributed by atoms with Gasteiger partial charge < -0.3 is 20.9 Å². The topological polar surface area (TPSA) is 119 Å². The van der Waals surface area contributed by atoms with Crippen LogP contribution in [-0.4, -0.2) is 47.7 Å². The second-order valence-corrected chi connectivity index (χ2v) is 12.6. The Hall–Kier alpha value is -2.95. The molecule has 0 amide bonds. The van der Waals surface area contributed by atoms with E-state index in [-0.39, 0.29) is 29.0 Å². The van der Waals surface area contributed by atoms with Gasteiger partial charge in [-0.1, -0.05) is 41.0 Å². The highest BCUT2D eigenvalue weighted by Crippen LogP contribution is 2.41. The van der Waals surface area contributed by atoms with Crippen LogP contribution in [0.5, 0.6) is 11.5 Å². The lowest BCUT2D eigenvalue weighted by molar-refractivity contribution is -0.842. The number of carbonyl (C=O) groups is 2. The Balaban J connectivity index is 1.72. The Morgan fingerprint density at radius 2 is 2.08 bits per heavy atom. The molecule has 2 bridgehead atoms. The number of ketones is 2. The molecule has 5 N–H and O–H groups in total. The zero-order valence-corrected chi connectivity index (χ0v) is 24.1. The molecule has 2 aliphatic rings. The normalized spacial score (nSPS) is 22.6. The van der Waals surface area contributed by atoms with E-state index in [1.54, 1.807) is 24.4 Å². The summed E-state index contributed by atoms with van der Waals surface area (Å²) in [5.74, 6) is 1.90. The molecule has 1 aromatic heterocycles. The first kappa shape index (κ1) is 29.0. The summed E-state index contributed by atoms with van der Waals surface area (Å²) in [6, 6.07) is 5.48. The molecule has 0 radical (unpaired) electrons. The second-order valence-electron chi connectivity index (χ2n) is 9.99. The van der Waals surface area contributed by atoms with Gasteiger partial charge in [-0.2, -0.15) is 0 Å². The summed E-state index contributed by atoms with van der Waals surface area (Å²) in [5.41, 5.74) is 9.93. The minimum atomic E-state index is -0.232. The maximum absolute atomic E-state index is 12.6. The Kier molecular flexibility index (Phi) is 10.4. The number of nitrogens with one attached hydrogen (secondary N) is 2. The van der Waals surface area contributed by atoms with Crippen LogP contribution in [-0.2, 0) is 16.0 Å². The van der Waals surface area contributed by atoms with Crippen LogP contribution >= 0.6 is 21.6 Å². The maximum Gasteiger partial charge on any atom is 0.163 e. The fourth-order valence-corrected chi connectivity index (χ4v) is 7.96. The van der Waals surface area contributed by atoms with Gasteiger partial charge >= 0.3 is 0 Å². The molecule has 39 heavy (non-hydrogen) atoms. The number of nitrogen functional groups attached to an aromatic ring is 1. The van der Waals surface area contributed by atoms with Gasteiger partial charge in [-0.05, 0) is 59.7 Å². The van der Waals surface area contributed by atoms with E-state index >= 15 is 0 Å². The number of hydrogen-bond acceptors (Lipinski definition) is 9. The molecule has 0 aliphatic carbocycles. The third kappa shape index (κ3) is 8.03. The van der Waals surface area contributed by atoms with Crippen molar-refractivity contribution in [2.24, 2.45) is 5.92 Å². The average Bonchev–Trinajstić information content (AvgIpc) is 3.43. The Morgan fingerprint density at radius 1 is 1.23 bits per heavy atom. The number of pyridine rings is 1. The highest BCUT2D eigenvalue weighted by molar-refractivity contribution is 8.76. The first-order chi connectivity index (χ1) is 18.9. The van der Waals surface area contributed by atoms with Gasteiger partial charge in [0, 0.05) is 23.9 Å². The molecule has 1 aromatic carbocycles. The zero-order chi connectivity index (χ0) is 27.8. The minimum absolute atomic E-state index is 0.0177. The summed E-state index contributed by atoms with van der Waals surface area (Å²) in [7, 11) is 5.11. The van der Waals surface area contributed by atoms with Gasteiger partial charge in [-0.25, -0.2) is 4.98 Å². The van der Waals surface area contributed by atoms with Crippen molar-refractivity contribution in [1.29, 1.82) is 0 Å². The van der Waals surface area contributed by atoms with Gasteiger partial charge in [0.15, 0.2) is 24.0 Å². The van der Waals surface area contributed by atoms with Crippen molar-refractivity contribution in [2.45, 2.75) is 44.3 Å². The Morgan fingerprint density at radius 3 is 2.82 bits per heavy atom. The molecule has 10 heteroatoms. The number of nitrogens with two attached hydrogens (primary N) is 1. The molecular formula is C29H37N4O4S2+. The number of benzene rings is 1. The largest absolute Gasteiger partial charge is 0.504 e. The van der Waals surface area contributed by atoms with Gasteiger partial charge in [0.05, 0.1) is 31.5 Å². The number of quaternary nitrogens is 1. The van der Waals surface area contributed by atoms with Crippen LogP contribution in [0.1, 0.15) is 60.1 Å². The number of phenolic OH excluding ortho intramolecular Hbond substituents is 1. The summed E-state index contributed by atoms with van der Waals surface area (Å²) in [6.07, 6.45) is 11.5. The van der Waals surface area contributed by atoms with Gasteiger partial charge in [-0.15, -0.1) is 0 Å². The summed E-state index contributed by atoms with van der Waals surface area (Å²) in [5, 5.41) is 13.9. The zero-order valence-electron chi connectivity index (χ0n) is 22.4. The van der Waals surface area contributed by atoms with Crippen molar-refractivity contribution in [3.05, 3.63) is 65.1 Å². The number of anilines is 1. The van der Waals surface area contributed by atoms with E-state index in [4.69, 9.17) is 10.5 Å². The van der Waals surface area contributed by atoms with E-state index in [1.807, 2.05) is 27.8 Å². The van der Waals surface area contributed by atoms with Crippen molar-refractivity contribution in [2.75, 3.05) is 31.8 Å². The van der Waals surface area contributed by atoms with Crippen molar-refractivity contribution in [3.63, 3.8) is 0 Å². The molecule has 2 aliphatic heterocycles. The number of carbonyl (C=O) groups excluding carboxylic acids is 2. The molecule has 8 nitrogen and oxygen atoms in total. The standard InChI is InChI=1S/C29H36N4O4S2/c1-3-19-4-6-23(34)14-24(35)7-5-21-13-27(37-2)26(36)12-22(21)10-20-11-25(29(30)32-15-20)28(39-38-17-19)16-33-9-8-31-18-33/h5,7-9,11-13,15,19,28,31,36H,3-4,6,10,14,16-18H2,1-2H3,(H2,30,32)/p+1. The van der Waals surface area contributed by atoms with E-state index in [9.17, 15) is 14.7 Å². The first-order valence-electron chi connectivity index (χ1n) is 13.3. The van der Waals surface area contributed by atoms with Crippen molar-refractivity contribution >= 4 is 45.0 Å². The lowest BCUT2D eigenvalue weighted by Gasteiger charge is -2.22. The smallest absolute Gasteiger partial charge is 0.163 e. The van der Waals surface area contributed by atoms with Gasteiger partial charge in [0.25, 0.3) is 0 Å². The third-order valence-corrected chi connectivity index (χ3v) is 10.0. The monoisotopic (exact) mass is 569 g/mol. The highest BCUT2D eigenvalue weighted by atomic mass is 33.1. The lowest BCUT2D eigenvalue weighted by atomic mass is 9.97. The van der Waals surface area contributed by atoms with Crippen LogP contribution in [0.25, 0.3) is 6.08 Å². The van der Waals surface area contributed by atoms with Gasteiger partial charge in [0.1, 0.15) is 17.8 Å². The summed E-state index contributed by atoms with van der Waals surface area (Å²) >= 11 is 0. The number of nitrogens with zero attached hydrogens (tertiary/aromatic N) is 1. The number of Topliss-reactive ketones (excluding diaryl/α,β-unsaturated/α-hetero) is 1. The first-order valence-corrected chi connectivity index (χ1v) is 15.6. The van der Waals surface area contributed by atoms with E-state index < -0.39 is 0 Å². The molecule has 3 atom stereocenters. The predicted molar refractivity (Wildman–Crippen MR) is 159 cm³/mol. The minimum Gasteiger partial charge on any atom is -0.504 e. The number of aromatic nitrogens is 1. The highest BCUT2D eigenvalue weighted by Gasteiger charge is 2.25. The number of phenols is 1. The van der Waals surface area contributed by atoms with Crippen LogP contribution in [0.15, 0.2) is 42.9 Å². The molecule has 0 saturated carbocycles. The molecule has 0 saturated heterocycles. The van der Waals surface area contributed by atoms with Gasteiger partial charge in [-0.3, -0.25) is 14.5 Å². The number of allylic oxidation sites excluding steroid dienone is 1. The number of fused-ring (bicyclic) bond motifs is 3. The molecule has 3 heterocycles. The Labute approximate surface area is 237 Å². The molecule has 3 unspecified atom stereocenters. The molecular weight excluding hydrogens is 532 g/mol. The van der Waals surface area contributed by atoms with Crippen LogP contribution in [0, 0.1) is 5.92 Å². The fraction of sp³-hybridized carbons (Fsp3) is 0.414. The summed E-state index contributed by atoms with van der Waals surface area (Å²) in [6.45, 7) is 3.83. The van der Waals surface area contributed by atoms with Crippen LogP contribution in [0.3, 0.4) is 0 Å².